The van der Waals surface area contributed by atoms with Crippen molar-refractivity contribution in [1.29, 1.82) is 0 Å². The van der Waals surface area contributed by atoms with E-state index in [1.54, 1.807) is 4.68 Å². The van der Waals surface area contributed by atoms with Crippen LogP contribution in [-0.4, -0.2) is 25.7 Å². The summed E-state index contributed by atoms with van der Waals surface area (Å²) in [6.45, 7) is 7.70. The molecule has 0 aliphatic heterocycles. The van der Waals surface area contributed by atoms with Crippen LogP contribution >= 0.6 is 0 Å². The number of benzene rings is 2. The minimum atomic E-state index is -0.0964. The smallest absolute Gasteiger partial charge is 0.251 e. The summed E-state index contributed by atoms with van der Waals surface area (Å²) in [5.74, 6) is 0.428. The highest BCUT2D eigenvalue weighted by Crippen LogP contribution is 2.20. The number of nitrogens with zero attached hydrogens (tertiary/aromatic N) is 4. The second kappa shape index (κ2) is 9.01. The lowest BCUT2D eigenvalue weighted by atomic mass is 10.1. The van der Waals surface area contributed by atoms with Crippen LogP contribution in [0.25, 0.3) is 5.95 Å². The van der Waals surface area contributed by atoms with Gasteiger partial charge in [0.25, 0.3) is 5.95 Å². The molecule has 0 spiro atoms. The van der Waals surface area contributed by atoms with Crippen LogP contribution < -0.4 is 10.6 Å². The van der Waals surface area contributed by atoms with Gasteiger partial charge in [0.05, 0.1) is 12.1 Å². The summed E-state index contributed by atoms with van der Waals surface area (Å²) in [5.41, 5.74) is 7.01. The summed E-state index contributed by atoms with van der Waals surface area (Å²) in [4.78, 5) is 21.7. The summed E-state index contributed by atoms with van der Waals surface area (Å²) in [5, 5.41) is 10.9. The summed E-state index contributed by atoms with van der Waals surface area (Å²) in [7, 11) is 0. The third kappa shape index (κ3) is 4.83. The Bertz CT molecular complexity index is 1230. The number of aromatic nitrogens is 4. The molecule has 32 heavy (non-hydrogen) atoms. The van der Waals surface area contributed by atoms with Crippen molar-refractivity contribution in [1.82, 2.24) is 19.7 Å². The Labute approximate surface area is 187 Å². The molecule has 0 aliphatic rings. The fourth-order valence-electron chi connectivity index (χ4n) is 3.62. The zero-order valence-electron chi connectivity index (χ0n) is 18.7. The molecule has 7 heteroatoms. The second-order valence-corrected chi connectivity index (χ2v) is 7.81. The molecule has 0 fully saturated rings. The van der Waals surface area contributed by atoms with Gasteiger partial charge in [-0.15, -0.1) is 0 Å². The van der Waals surface area contributed by atoms with Crippen molar-refractivity contribution < 1.29 is 4.79 Å². The van der Waals surface area contributed by atoms with E-state index in [0.717, 1.165) is 45.4 Å². The average Bonchev–Trinajstić information content (AvgIpc) is 3.03. The quantitative estimate of drug-likeness (QED) is 0.462. The van der Waals surface area contributed by atoms with Crippen LogP contribution in [0, 0.1) is 27.7 Å². The Hall–Kier alpha value is -4.00. The molecule has 162 valence electrons. The molecule has 0 atom stereocenters. The zero-order chi connectivity index (χ0) is 22.7. The molecule has 0 saturated heterocycles. The number of carbonyl (C=O) groups is 1. The van der Waals surface area contributed by atoms with E-state index in [1.807, 2.05) is 88.4 Å². The molecule has 0 saturated carbocycles. The molecule has 1 amide bonds. The molecule has 2 aromatic heterocycles. The van der Waals surface area contributed by atoms with Gasteiger partial charge in [0.2, 0.25) is 5.91 Å². The van der Waals surface area contributed by atoms with E-state index in [0.29, 0.717) is 5.95 Å². The first-order chi connectivity index (χ1) is 15.4. The maximum atomic E-state index is 12.7. The number of aryl methyl sites for hydroxylation is 3. The van der Waals surface area contributed by atoms with Crippen LogP contribution in [0.2, 0.25) is 0 Å². The maximum Gasteiger partial charge on any atom is 0.251 e. The van der Waals surface area contributed by atoms with Crippen molar-refractivity contribution in [2.45, 2.75) is 34.1 Å². The Morgan fingerprint density at radius 3 is 2.09 bits per heavy atom. The van der Waals surface area contributed by atoms with E-state index in [-0.39, 0.29) is 12.3 Å². The molecule has 0 radical (unpaired) electrons. The van der Waals surface area contributed by atoms with Gasteiger partial charge < -0.3 is 10.6 Å². The Kier molecular flexibility index (Phi) is 5.98. The molecule has 4 aromatic rings. The molecular formula is C25H26N6O. The van der Waals surface area contributed by atoms with Crippen molar-refractivity contribution in [3.8, 4) is 5.95 Å². The van der Waals surface area contributed by atoms with Crippen LogP contribution in [0.5, 0.6) is 0 Å². The maximum absolute atomic E-state index is 12.7. The van der Waals surface area contributed by atoms with Crippen molar-refractivity contribution >= 4 is 23.0 Å². The first kappa shape index (κ1) is 21.2. The molecule has 0 bridgehead atoms. The molecule has 0 aliphatic carbocycles. The standard InChI is InChI=1S/C25H26N6O/c1-16-14-17(2)27-25(26-16)31-19(4)23(18(3)30-31)15-24(32)29-22-12-10-21(11-13-22)28-20-8-6-5-7-9-20/h5-14,28H,15H2,1-4H3,(H,29,32). The topological polar surface area (TPSA) is 84.7 Å². The van der Waals surface area contributed by atoms with Crippen molar-refractivity contribution in [2.24, 2.45) is 0 Å². The first-order valence-corrected chi connectivity index (χ1v) is 10.5. The van der Waals surface area contributed by atoms with Crippen molar-refractivity contribution in [2.75, 3.05) is 10.6 Å². The SMILES string of the molecule is Cc1cc(C)nc(-n2nc(C)c(CC(=O)Nc3ccc(Nc4ccccc4)cc3)c2C)n1. The van der Waals surface area contributed by atoms with Crippen molar-refractivity contribution in [3.63, 3.8) is 0 Å². The first-order valence-electron chi connectivity index (χ1n) is 10.5. The minimum absolute atomic E-state index is 0.0964. The fraction of sp³-hybridized carbons (Fsp3) is 0.200. The molecule has 4 rings (SSSR count). The number of hydrogen-bond acceptors (Lipinski definition) is 5. The molecule has 7 nitrogen and oxygen atoms in total. The summed E-state index contributed by atoms with van der Waals surface area (Å²) in [6, 6.07) is 19.5. The normalized spacial score (nSPS) is 10.8. The van der Waals surface area contributed by atoms with Crippen LogP contribution in [0.1, 0.15) is 28.3 Å². The van der Waals surface area contributed by atoms with Gasteiger partial charge in [-0.3, -0.25) is 4.79 Å². The van der Waals surface area contributed by atoms with Crippen LogP contribution in [-0.2, 0) is 11.2 Å². The Morgan fingerprint density at radius 1 is 0.844 bits per heavy atom. The van der Waals surface area contributed by atoms with Crippen LogP contribution in [0.15, 0.2) is 60.7 Å². The second-order valence-electron chi connectivity index (χ2n) is 7.81. The lowest BCUT2D eigenvalue weighted by Crippen LogP contribution is -2.15. The summed E-state index contributed by atoms with van der Waals surface area (Å²) < 4.78 is 1.71. The zero-order valence-corrected chi connectivity index (χ0v) is 18.7. The van der Waals surface area contributed by atoms with E-state index in [2.05, 4.69) is 25.7 Å². The van der Waals surface area contributed by atoms with Gasteiger partial charge in [0, 0.05) is 39.7 Å². The average molecular weight is 427 g/mol. The highest BCUT2D eigenvalue weighted by Gasteiger charge is 2.17. The van der Waals surface area contributed by atoms with Gasteiger partial charge in [-0.2, -0.15) is 5.10 Å². The van der Waals surface area contributed by atoms with Gasteiger partial charge in [0.15, 0.2) is 0 Å². The van der Waals surface area contributed by atoms with Gasteiger partial charge in [-0.25, -0.2) is 14.6 Å². The molecule has 0 unspecified atom stereocenters. The minimum Gasteiger partial charge on any atom is -0.356 e. The lowest BCUT2D eigenvalue weighted by Gasteiger charge is -2.09. The van der Waals surface area contributed by atoms with Gasteiger partial charge in [-0.1, -0.05) is 18.2 Å². The van der Waals surface area contributed by atoms with Crippen LogP contribution in [0.4, 0.5) is 17.1 Å². The number of para-hydroxylation sites is 1. The van der Waals surface area contributed by atoms with E-state index in [4.69, 9.17) is 0 Å². The Morgan fingerprint density at radius 2 is 1.44 bits per heavy atom. The summed E-state index contributed by atoms with van der Waals surface area (Å²) in [6.07, 6.45) is 0.229. The highest BCUT2D eigenvalue weighted by molar-refractivity contribution is 5.92. The number of nitrogens with one attached hydrogen (secondary N) is 2. The van der Waals surface area contributed by atoms with Crippen molar-refractivity contribution in [3.05, 3.63) is 89.0 Å². The highest BCUT2D eigenvalue weighted by atomic mass is 16.1. The molecular weight excluding hydrogens is 400 g/mol. The van der Waals surface area contributed by atoms with Gasteiger partial charge >= 0.3 is 0 Å². The van der Waals surface area contributed by atoms with E-state index in [1.165, 1.54) is 0 Å². The fourth-order valence-corrected chi connectivity index (χ4v) is 3.62. The summed E-state index contributed by atoms with van der Waals surface area (Å²) >= 11 is 0. The number of rotatable bonds is 6. The predicted molar refractivity (Wildman–Crippen MR) is 127 cm³/mol. The molecule has 2 heterocycles. The predicted octanol–water partition coefficient (Wildman–Crippen LogP) is 4.82. The molecule has 2 N–H and O–H groups in total. The van der Waals surface area contributed by atoms with E-state index >= 15 is 0 Å². The van der Waals surface area contributed by atoms with Gasteiger partial charge in [-0.05, 0) is 70.2 Å². The number of carbonyl (C=O) groups excluding carboxylic acids is 1. The number of hydrogen-bond donors (Lipinski definition) is 2. The largest absolute Gasteiger partial charge is 0.356 e. The van der Waals surface area contributed by atoms with Gasteiger partial charge in [0.1, 0.15) is 0 Å². The lowest BCUT2D eigenvalue weighted by molar-refractivity contribution is -0.115. The van der Waals surface area contributed by atoms with E-state index in [9.17, 15) is 4.79 Å². The third-order valence-corrected chi connectivity index (χ3v) is 5.17. The third-order valence-electron chi connectivity index (χ3n) is 5.17. The Balaban J connectivity index is 1.45. The monoisotopic (exact) mass is 426 g/mol. The van der Waals surface area contributed by atoms with Crippen LogP contribution in [0.3, 0.4) is 0 Å². The molecule has 2 aromatic carbocycles. The van der Waals surface area contributed by atoms with E-state index < -0.39 is 0 Å². The number of amides is 1. The number of anilines is 3.